The molecule has 2 aromatic rings. The van der Waals surface area contributed by atoms with E-state index < -0.39 is 0 Å². The normalized spacial score (nSPS) is 23.7. The van der Waals surface area contributed by atoms with Gasteiger partial charge in [-0.3, -0.25) is 4.79 Å². The first-order chi connectivity index (χ1) is 12.7. The molecule has 1 aliphatic carbocycles. The summed E-state index contributed by atoms with van der Waals surface area (Å²) in [6.45, 7) is 4.82. The molecule has 0 N–H and O–H groups in total. The Kier molecular flexibility index (Phi) is 5.07. The molecule has 1 aromatic carbocycles. The predicted octanol–water partition coefficient (Wildman–Crippen LogP) is 2.30. The Morgan fingerprint density at radius 1 is 1.15 bits per heavy atom. The summed E-state index contributed by atoms with van der Waals surface area (Å²) in [6, 6.07) is 10.5. The molecule has 2 heterocycles. The minimum atomic E-state index is 0.205. The molecule has 0 spiro atoms. The molecule has 0 radical (unpaired) electrons. The van der Waals surface area contributed by atoms with E-state index in [9.17, 15) is 4.79 Å². The van der Waals surface area contributed by atoms with Crippen molar-refractivity contribution in [3.05, 3.63) is 54.1 Å². The summed E-state index contributed by atoms with van der Waals surface area (Å²) in [6.07, 6.45) is 6.90. The van der Waals surface area contributed by atoms with E-state index in [4.69, 9.17) is 0 Å². The van der Waals surface area contributed by atoms with E-state index in [-0.39, 0.29) is 5.92 Å². The van der Waals surface area contributed by atoms with Gasteiger partial charge in [0.2, 0.25) is 5.91 Å². The summed E-state index contributed by atoms with van der Waals surface area (Å²) < 4.78 is 2.09. The molecule has 0 unspecified atom stereocenters. The van der Waals surface area contributed by atoms with Crippen LogP contribution in [-0.2, 0) is 18.3 Å². The van der Waals surface area contributed by atoms with Crippen LogP contribution in [0.25, 0.3) is 0 Å². The van der Waals surface area contributed by atoms with Gasteiger partial charge in [0.05, 0.1) is 0 Å². The Labute approximate surface area is 155 Å². The van der Waals surface area contributed by atoms with Gasteiger partial charge in [-0.25, -0.2) is 4.98 Å². The molecule has 5 heteroatoms. The number of carbonyl (C=O) groups excluding carboxylic acids is 1. The highest BCUT2D eigenvalue weighted by atomic mass is 16.2. The number of hydrogen-bond donors (Lipinski definition) is 0. The van der Waals surface area contributed by atoms with Crippen LogP contribution in [0.1, 0.15) is 30.1 Å². The number of hydrogen-bond acceptors (Lipinski definition) is 3. The number of amides is 1. The third-order valence-electron chi connectivity index (χ3n) is 5.81. The predicted molar refractivity (Wildman–Crippen MR) is 102 cm³/mol. The highest BCUT2D eigenvalue weighted by Crippen LogP contribution is 2.48. The van der Waals surface area contributed by atoms with Crippen molar-refractivity contribution in [3.8, 4) is 0 Å². The lowest BCUT2D eigenvalue weighted by Crippen LogP contribution is -2.36. The van der Waals surface area contributed by atoms with Crippen molar-refractivity contribution in [2.45, 2.75) is 25.2 Å². The van der Waals surface area contributed by atoms with E-state index in [0.29, 0.717) is 11.8 Å². The molecular formula is C21H28N4O. The van der Waals surface area contributed by atoms with E-state index in [2.05, 4.69) is 43.6 Å². The Bertz CT molecular complexity index is 741. The summed E-state index contributed by atoms with van der Waals surface area (Å²) >= 11 is 0. The van der Waals surface area contributed by atoms with Crippen LogP contribution in [0.3, 0.4) is 0 Å². The van der Waals surface area contributed by atoms with E-state index in [1.165, 1.54) is 5.56 Å². The van der Waals surface area contributed by atoms with E-state index in [1.807, 2.05) is 25.5 Å². The number of aromatic nitrogens is 2. The molecule has 4 rings (SSSR count). The highest BCUT2D eigenvalue weighted by molar-refractivity contribution is 5.83. The van der Waals surface area contributed by atoms with Gasteiger partial charge in [0.15, 0.2) is 0 Å². The summed E-state index contributed by atoms with van der Waals surface area (Å²) in [5.74, 6) is 2.14. The van der Waals surface area contributed by atoms with Crippen molar-refractivity contribution >= 4 is 5.91 Å². The SMILES string of the molecule is Cn1ccnc1CCN1CCCN(C(=O)[C@@H]2C[C@H]2c2ccccc2)CC1. The Morgan fingerprint density at radius 3 is 2.77 bits per heavy atom. The Balaban J connectivity index is 1.27. The average Bonchev–Trinajstić information content (AvgIpc) is 3.41. The quantitative estimate of drug-likeness (QED) is 0.829. The molecule has 2 aliphatic rings. The lowest BCUT2D eigenvalue weighted by Gasteiger charge is -2.22. The molecule has 5 nitrogen and oxygen atoms in total. The van der Waals surface area contributed by atoms with Crippen LogP contribution in [0.2, 0.25) is 0 Å². The lowest BCUT2D eigenvalue weighted by molar-refractivity contribution is -0.132. The minimum absolute atomic E-state index is 0.205. The zero-order chi connectivity index (χ0) is 17.9. The van der Waals surface area contributed by atoms with Gasteiger partial charge in [-0.2, -0.15) is 0 Å². The maximum Gasteiger partial charge on any atom is 0.226 e. The van der Waals surface area contributed by atoms with Crippen LogP contribution >= 0.6 is 0 Å². The first kappa shape index (κ1) is 17.3. The molecule has 2 atom stereocenters. The van der Waals surface area contributed by atoms with Crippen molar-refractivity contribution in [1.29, 1.82) is 0 Å². The van der Waals surface area contributed by atoms with Crippen molar-refractivity contribution in [2.75, 3.05) is 32.7 Å². The largest absolute Gasteiger partial charge is 0.341 e. The van der Waals surface area contributed by atoms with Crippen molar-refractivity contribution in [3.63, 3.8) is 0 Å². The molecule has 1 saturated carbocycles. The van der Waals surface area contributed by atoms with Gasteiger partial charge in [-0.05, 0) is 30.9 Å². The number of rotatable bonds is 5. The molecule has 1 amide bonds. The molecule has 0 bridgehead atoms. The Hall–Kier alpha value is -2.14. The standard InChI is InChI=1S/C21H28N4O/c1-23-13-9-22-20(23)8-12-24-10-5-11-25(15-14-24)21(26)19-16-18(19)17-6-3-2-4-7-17/h2-4,6-7,9,13,18-19H,5,8,10-12,14-16H2,1H3/t18-,19+/m0/s1. The van der Waals surface area contributed by atoms with Crippen LogP contribution < -0.4 is 0 Å². The maximum absolute atomic E-state index is 12.9. The van der Waals surface area contributed by atoms with Crippen LogP contribution in [0.5, 0.6) is 0 Å². The number of benzene rings is 1. The van der Waals surface area contributed by atoms with Gasteiger partial charge in [-0.1, -0.05) is 30.3 Å². The number of nitrogens with zero attached hydrogens (tertiary/aromatic N) is 4. The number of aryl methyl sites for hydroxylation is 1. The first-order valence-electron chi connectivity index (χ1n) is 9.74. The van der Waals surface area contributed by atoms with Crippen LogP contribution in [0.15, 0.2) is 42.7 Å². The minimum Gasteiger partial charge on any atom is -0.341 e. The van der Waals surface area contributed by atoms with Gasteiger partial charge >= 0.3 is 0 Å². The summed E-state index contributed by atoms with van der Waals surface area (Å²) in [4.78, 5) is 21.9. The third kappa shape index (κ3) is 3.83. The monoisotopic (exact) mass is 352 g/mol. The van der Waals surface area contributed by atoms with Crippen LogP contribution in [0, 0.1) is 5.92 Å². The molecule has 2 fully saturated rings. The van der Waals surface area contributed by atoms with Crippen molar-refractivity contribution in [1.82, 2.24) is 19.4 Å². The molecular weight excluding hydrogens is 324 g/mol. The highest BCUT2D eigenvalue weighted by Gasteiger charge is 2.45. The van der Waals surface area contributed by atoms with Gasteiger partial charge in [0.25, 0.3) is 0 Å². The number of imidazole rings is 1. The second kappa shape index (κ2) is 7.62. The molecule has 1 aromatic heterocycles. The van der Waals surface area contributed by atoms with E-state index in [0.717, 1.165) is 57.8 Å². The summed E-state index contributed by atoms with van der Waals surface area (Å²) in [5, 5.41) is 0. The topological polar surface area (TPSA) is 41.4 Å². The fraction of sp³-hybridized carbons (Fsp3) is 0.524. The van der Waals surface area contributed by atoms with Gasteiger partial charge in [-0.15, -0.1) is 0 Å². The van der Waals surface area contributed by atoms with Gasteiger partial charge < -0.3 is 14.4 Å². The third-order valence-corrected chi connectivity index (χ3v) is 5.81. The lowest BCUT2D eigenvalue weighted by atomic mass is 10.1. The summed E-state index contributed by atoms with van der Waals surface area (Å²) in [5.41, 5.74) is 1.32. The van der Waals surface area contributed by atoms with Gasteiger partial charge in [0, 0.05) is 58.0 Å². The fourth-order valence-corrected chi connectivity index (χ4v) is 4.08. The molecule has 138 valence electrons. The van der Waals surface area contributed by atoms with Gasteiger partial charge in [0.1, 0.15) is 5.82 Å². The zero-order valence-corrected chi connectivity index (χ0v) is 15.6. The fourth-order valence-electron chi connectivity index (χ4n) is 4.08. The molecule has 1 aliphatic heterocycles. The second-order valence-electron chi connectivity index (χ2n) is 7.58. The second-order valence-corrected chi connectivity index (χ2v) is 7.58. The van der Waals surface area contributed by atoms with E-state index >= 15 is 0 Å². The van der Waals surface area contributed by atoms with E-state index in [1.54, 1.807) is 0 Å². The number of carbonyl (C=O) groups is 1. The average molecular weight is 352 g/mol. The van der Waals surface area contributed by atoms with Crippen molar-refractivity contribution < 1.29 is 4.79 Å². The zero-order valence-electron chi connectivity index (χ0n) is 15.6. The van der Waals surface area contributed by atoms with Crippen LogP contribution in [0.4, 0.5) is 0 Å². The smallest absolute Gasteiger partial charge is 0.226 e. The van der Waals surface area contributed by atoms with Crippen molar-refractivity contribution in [2.24, 2.45) is 13.0 Å². The summed E-state index contributed by atoms with van der Waals surface area (Å²) in [7, 11) is 2.05. The first-order valence-corrected chi connectivity index (χ1v) is 9.74. The molecule has 1 saturated heterocycles. The maximum atomic E-state index is 12.9. The Morgan fingerprint density at radius 2 is 2.00 bits per heavy atom. The van der Waals surface area contributed by atoms with Crippen LogP contribution in [-0.4, -0.2) is 58.0 Å². The molecule has 26 heavy (non-hydrogen) atoms.